The van der Waals surface area contributed by atoms with E-state index >= 15 is 0 Å². The minimum Gasteiger partial charge on any atom is -0.512 e. The minimum atomic E-state index is -0.209. The number of halogens is 1. The molecule has 0 saturated carbocycles. The predicted molar refractivity (Wildman–Crippen MR) is 181 cm³/mol. The molecule has 0 aliphatic carbocycles. The van der Waals surface area contributed by atoms with Crippen LogP contribution in [0, 0.1) is 30.6 Å². The summed E-state index contributed by atoms with van der Waals surface area (Å²) in [5.74, 6) is 1.21. The third-order valence-electron chi connectivity index (χ3n) is 8.55. The van der Waals surface area contributed by atoms with Crippen LogP contribution >= 0.6 is 0 Å². The molecule has 5 aromatic rings. The summed E-state index contributed by atoms with van der Waals surface area (Å²) in [4.78, 5) is 16.4. The predicted octanol–water partition coefficient (Wildman–Crippen LogP) is 11.2. The van der Waals surface area contributed by atoms with Crippen molar-refractivity contribution in [2.24, 2.45) is 11.8 Å². The smallest absolute Gasteiger partial charge is 0.162 e. The molecule has 0 unspecified atom stereocenters. The van der Waals surface area contributed by atoms with E-state index in [0.29, 0.717) is 5.39 Å². The van der Waals surface area contributed by atoms with Gasteiger partial charge in [0.15, 0.2) is 5.78 Å². The summed E-state index contributed by atoms with van der Waals surface area (Å²) in [6.07, 6.45) is 6.70. The number of aryl methyl sites for hydroxylation is 1. The molecule has 4 nitrogen and oxygen atoms in total. The Morgan fingerprint density at radius 3 is 2.18 bits per heavy atom. The fourth-order valence-corrected chi connectivity index (χ4v) is 5.86. The van der Waals surface area contributed by atoms with Crippen LogP contribution in [0.4, 0.5) is 4.39 Å². The average Bonchev–Trinajstić information content (AvgIpc) is 3.37. The normalized spacial score (nSPS) is 12.1. The molecule has 6 heteroatoms. The summed E-state index contributed by atoms with van der Waals surface area (Å²) in [5, 5.41) is 14.2. The van der Waals surface area contributed by atoms with Gasteiger partial charge in [0.1, 0.15) is 5.82 Å². The molecule has 0 atom stereocenters. The number of rotatable bonds is 8. The van der Waals surface area contributed by atoms with Crippen LogP contribution in [-0.2, 0) is 30.3 Å². The van der Waals surface area contributed by atoms with Gasteiger partial charge in [0.05, 0.1) is 17.1 Å². The van der Waals surface area contributed by atoms with Gasteiger partial charge in [0.2, 0.25) is 0 Å². The van der Waals surface area contributed by atoms with Gasteiger partial charge < -0.3 is 9.52 Å². The molecule has 2 aromatic heterocycles. The molecule has 0 bridgehead atoms. The Hall–Kier alpha value is -3.34. The fourth-order valence-electron chi connectivity index (χ4n) is 5.86. The quantitative estimate of drug-likeness (QED) is 0.0736. The topological polar surface area (TPSA) is 63.3 Å². The Morgan fingerprint density at radius 1 is 0.933 bits per heavy atom. The molecule has 0 aliphatic heterocycles. The molecule has 0 amide bonds. The van der Waals surface area contributed by atoms with Crippen molar-refractivity contribution in [3.8, 4) is 11.3 Å². The zero-order valence-electron chi connectivity index (χ0n) is 27.7. The maximum atomic E-state index is 14.3. The number of hydrogen-bond donors (Lipinski definition) is 1. The number of benzene rings is 3. The molecule has 0 fully saturated rings. The van der Waals surface area contributed by atoms with Gasteiger partial charge in [-0.05, 0) is 66.3 Å². The molecular formula is C39H45FIrNO3-. The summed E-state index contributed by atoms with van der Waals surface area (Å²) in [7, 11) is 0. The summed E-state index contributed by atoms with van der Waals surface area (Å²) in [5.41, 5.74) is 3.68. The summed E-state index contributed by atoms with van der Waals surface area (Å²) in [6, 6.07) is 18.6. The van der Waals surface area contributed by atoms with E-state index < -0.39 is 0 Å². The molecule has 3 aromatic carbocycles. The number of carbonyl (C=O) groups is 1. The van der Waals surface area contributed by atoms with Gasteiger partial charge in [-0.2, -0.15) is 0 Å². The van der Waals surface area contributed by atoms with Crippen LogP contribution in [0.2, 0.25) is 0 Å². The number of ketones is 1. The molecule has 45 heavy (non-hydrogen) atoms. The van der Waals surface area contributed by atoms with Gasteiger partial charge in [0, 0.05) is 55.3 Å². The Bertz CT molecular complexity index is 1810. The first kappa shape index (κ1) is 36.1. The maximum Gasteiger partial charge on any atom is 0.162 e. The van der Waals surface area contributed by atoms with Gasteiger partial charge >= 0.3 is 0 Å². The number of aromatic nitrogens is 1. The average molecular weight is 787 g/mol. The van der Waals surface area contributed by atoms with Crippen molar-refractivity contribution >= 4 is 38.3 Å². The van der Waals surface area contributed by atoms with E-state index in [0.717, 1.165) is 75.4 Å². The zero-order valence-corrected chi connectivity index (χ0v) is 30.1. The van der Waals surface area contributed by atoms with Gasteiger partial charge in [-0.25, -0.2) is 4.39 Å². The van der Waals surface area contributed by atoms with Crippen LogP contribution in [0.1, 0.15) is 85.5 Å². The maximum absolute atomic E-state index is 14.3. The van der Waals surface area contributed by atoms with E-state index in [1.54, 1.807) is 12.3 Å². The molecule has 0 saturated heterocycles. The second-order valence-corrected chi connectivity index (χ2v) is 12.6. The number of carbonyl (C=O) groups excluding carboxylic acids is 1. The van der Waals surface area contributed by atoms with Gasteiger partial charge in [-0.3, -0.25) is 9.78 Å². The van der Waals surface area contributed by atoms with Gasteiger partial charge in [-0.15, -0.1) is 12.1 Å². The second-order valence-electron chi connectivity index (χ2n) is 12.6. The van der Waals surface area contributed by atoms with Crippen molar-refractivity contribution in [2.45, 2.75) is 86.5 Å². The first-order valence-electron chi connectivity index (χ1n) is 15.8. The number of aliphatic hydroxyl groups is 1. The molecule has 241 valence electrons. The van der Waals surface area contributed by atoms with Gasteiger partial charge in [-0.1, -0.05) is 95.3 Å². The van der Waals surface area contributed by atoms with E-state index in [4.69, 9.17) is 4.42 Å². The zero-order chi connectivity index (χ0) is 32.2. The van der Waals surface area contributed by atoms with Crippen molar-refractivity contribution in [2.75, 3.05) is 0 Å². The SMILES string of the molecule is CCC(CC)C(=O)/C=C(\O)C(CC)CC.Cc1cc2[c-]c(-c3nccc4c3ccc3c(F)cccc34)cc(C(C)(C)C)c2o1.[Ir]. The number of furan rings is 1. The van der Waals surface area contributed by atoms with E-state index in [1.807, 2.05) is 65.0 Å². The number of hydrogen-bond acceptors (Lipinski definition) is 4. The molecule has 2 heterocycles. The monoisotopic (exact) mass is 787 g/mol. The van der Waals surface area contributed by atoms with Crippen molar-refractivity contribution < 1.29 is 38.8 Å². The molecular weight excluding hydrogens is 742 g/mol. The van der Waals surface area contributed by atoms with E-state index in [1.165, 1.54) is 12.1 Å². The van der Waals surface area contributed by atoms with Crippen molar-refractivity contribution in [3.63, 3.8) is 0 Å². The number of pyridine rings is 1. The van der Waals surface area contributed by atoms with Crippen molar-refractivity contribution in [3.05, 3.63) is 89.8 Å². The molecule has 0 spiro atoms. The number of allylic oxidation sites excluding steroid dienone is 2. The first-order chi connectivity index (χ1) is 20.9. The summed E-state index contributed by atoms with van der Waals surface area (Å²) >= 11 is 0. The standard InChI is InChI=1S/C26H21FNO.C13H24O2.Ir/c1-15-12-17-13-16(14-22(25(17)29-15)26(2,3)4)24-21-9-8-20-18(6-5-7-23(20)27)19(21)10-11-28-24;1-5-10(6-2)12(14)9-13(15)11(7-3)8-4;/h5-12,14H,1-4H3;9-11,14H,5-8H2,1-4H3;/q-1;;/b;12-9-;. The summed E-state index contributed by atoms with van der Waals surface area (Å²) < 4.78 is 20.2. The Labute approximate surface area is 280 Å². The van der Waals surface area contributed by atoms with Crippen LogP contribution in [0.15, 0.2) is 71.0 Å². The Morgan fingerprint density at radius 2 is 1.56 bits per heavy atom. The minimum absolute atomic E-state index is 0. The number of fused-ring (bicyclic) bond motifs is 4. The number of nitrogens with zero attached hydrogens (tertiary/aromatic N) is 1. The Balaban J connectivity index is 0.000000297. The van der Waals surface area contributed by atoms with Crippen molar-refractivity contribution in [1.82, 2.24) is 4.98 Å². The van der Waals surface area contributed by atoms with Crippen LogP contribution in [0.5, 0.6) is 0 Å². The van der Waals surface area contributed by atoms with Crippen molar-refractivity contribution in [1.29, 1.82) is 0 Å². The number of aliphatic hydroxyl groups excluding tert-OH is 1. The van der Waals surface area contributed by atoms with Crippen LogP contribution in [0.25, 0.3) is 43.8 Å². The Kier molecular flexibility index (Phi) is 12.3. The van der Waals surface area contributed by atoms with E-state index in [-0.39, 0.29) is 54.7 Å². The van der Waals surface area contributed by atoms with Gasteiger partial charge in [0.25, 0.3) is 0 Å². The molecule has 5 rings (SSSR count). The van der Waals surface area contributed by atoms with Crippen LogP contribution in [0.3, 0.4) is 0 Å². The van der Waals surface area contributed by atoms with Crippen LogP contribution < -0.4 is 0 Å². The first-order valence-corrected chi connectivity index (χ1v) is 15.8. The van der Waals surface area contributed by atoms with E-state index in [9.17, 15) is 14.3 Å². The molecule has 1 radical (unpaired) electrons. The summed E-state index contributed by atoms with van der Waals surface area (Å²) in [6.45, 7) is 16.6. The second kappa shape index (κ2) is 15.3. The third kappa shape index (κ3) is 7.91. The van der Waals surface area contributed by atoms with E-state index in [2.05, 4.69) is 37.9 Å². The molecule has 0 aliphatic rings. The third-order valence-corrected chi connectivity index (χ3v) is 8.55. The fraction of sp³-hybridized carbons (Fsp3) is 0.385. The largest absolute Gasteiger partial charge is 0.512 e. The van der Waals surface area contributed by atoms with Crippen LogP contribution in [-0.4, -0.2) is 15.9 Å². The molecule has 1 N–H and O–H groups in total.